The third-order valence-electron chi connectivity index (χ3n) is 5.80. The standard InChI is InChI=1S/C23H36N4O2.HI/c1-24-23(25-13-12-19-6-4-3-5-7-19)26-18-22(27-14-16-29-17-15-27)20-8-10-21(28-2)11-9-20;/h6,8-11,22H,3-5,7,12-18H2,1-2H3,(H2,24,25,26);1H. The van der Waals surface area contributed by atoms with Gasteiger partial charge in [-0.1, -0.05) is 23.8 Å². The first-order valence-electron chi connectivity index (χ1n) is 10.9. The van der Waals surface area contributed by atoms with Crippen molar-refractivity contribution in [1.82, 2.24) is 15.5 Å². The number of hydrogen-bond donors (Lipinski definition) is 2. The quantitative estimate of drug-likeness (QED) is 0.233. The van der Waals surface area contributed by atoms with Crippen LogP contribution in [0.4, 0.5) is 0 Å². The Morgan fingerprint density at radius 3 is 2.57 bits per heavy atom. The Balaban J connectivity index is 0.00000320. The van der Waals surface area contributed by atoms with Gasteiger partial charge in [0, 0.05) is 33.2 Å². The minimum atomic E-state index is 0. The first-order valence-corrected chi connectivity index (χ1v) is 10.9. The number of allylic oxidation sites excluding steroid dienone is 1. The maximum atomic E-state index is 5.56. The second-order valence-electron chi connectivity index (χ2n) is 7.68. The van der Waals surface area contributed by atoms with E-state index < -0.39 is 0 Å². The fourth-order valence-corrected chi connectivity index (χ4v) is 4.06. The Hall–Kier alpha value is -1.32. The minimum absolute atomic E-state index is 0. The van der Waals surface area contributed by atoms with E-state index in [1.807, 2.05) is 19.2 Å². The second kappa shape index (κ2) is 13.9. The third kappa shape index (κ3) is 7.74. The molecule has 2 aliphatic rings. The molecule has 168 valence electrons. The van der Waals surface area contributed by atoms with Crippen LogP contribution in [0.2, 0.25) is 0 Å². The predicted molar refractivity (Wildman–Crippen MR) is 134 cm³/mol. The molecule has 7 heteroatoms. The lowest BCUT2D eigenvalue weighted by Crippen LogP contribution is -2.46. The number of ether oxygens (including phenoxy) is 2. The lowest BCUT2D eigenvalue weighted by Gasteiger charge is -2.35. The third-order valence-corrected chi connectivity index (χ3v) is 5.80. The molecule has 6 nitrogen and oxygen atoms in total. The number of benzene rings is 1. The summed E-state index contributed by atoms with van der Waals surface area (Å²) < 4.78 is 10.9. The van der Waals surface area contributed by atoms with Gasteiger partial charge in [0.2, 0.25) is 0 Å². The Morgan fingerprint density at radius 2 is 1.93 bits per heavy atom. The van der Waals surface area contributed by atoms with Gasteiger partial charge in [0.05, 0.1) is 26.4 Å². The molecule has 0 aromatic heterocycles. The number of halogens is 1. The molecule has 1 aliphatic carbocycles. The molecule has 1 atom stereocenters. The summed E-state index contributed by atoms with van der Waals surface area (Å²) in [5.74, 6) is 1.75. The number of morpholine rings is 1. The van der Waals surface area contributed by atoms with E-state index in [4.69, 9.17) is 9.47 Å². The summed E-state index contributed by atoms with van der Waals surface area (Å²) >= 11 is 0. The first kappa shape index (κ1) is 24.9. The average Bonchev–Trinajstić information content (AvgIpc) is 2.80. The van der Waals surface area contributed by atoms with Crippen molar-refractivity contribution in [1.29, 1.82) is 0 Å². The van der Waals surface area contributed by atoms with Crippen molar-refractivity contribution in [2.75, 3.05) is 53.6 Å². The summed E-state index contributed by atoms with van der Waals surface area (Å²) in [5, 5.41) is 7.02. The van der Waals surface area contributed by atoms with Crippen LogP contribution in [-0.4, -0.2) is 64.4 Å². The van der Waals surface area contributed by atoms with Crippen molar-refractivity contribution in [2.45, 2.75) is 38.1 Å². The molecule has 30 heavy (non-hydrogen) atoms. The minimum Gasteiger partial charge on any atom is -0.497 e. The van der Waals surface area contributed by atoms with Crippen LogP contribution in [0.3, 0.4) is 0 Å². The molecular weight excluding hydrogens is 491 g/mol. The molecule has 1 aromatic rings. The smallest absolute Gasteiger partial charge is 0.191 e. The maximum Gasteiger partial charge on any atom is 0.191 e. The molecule has 1 fully saturated rings. The van der Waals surface area contributed by atoms with E-state index in [-0.39, 0.29) is 30.0 Å². The van der Waals surface area contributed by atoms with Gasteiger partial charge in [-0.05, 0) is 49.8 Å². The molecule has 0 saturated carbocycles. The SMILES string of the molecule is CN=C(NCCC1=CCCCC1)NCC(c1ccc(OC)cc1)N1CCOCC1.I. The zero-order valence-electron chi connectivity index (χ0n) is 18.4. The highest BCUT2D eigenvalue weighted by atomic mass is 127. The van der Waals surface area contributed by atoms with Crippen LogP contribution in [0.15, 0.2) is 40.9 Å². The molecule has 0 bridgehead atoms. The molecule has 2 N–H and O–H groups in total. The van der Waals surface area contributed by atoms with Gasteiger partial charge in [-0.2, -0.15) is 0 Å². The molecule has 1 heterocycles. The van der Waals surface area contributed by atoms with Crippen LogP contribution >= 0.6 is 24.0 Å². The highest BCUT2D eigenvalue weighted by Crippen LogP contribution is 2.24. The molecule has 0 amide bonds. The predicted octanol–water partition coefficient (Wildman–Crippen LogP) is 3.74. The average molecular weight is 528 g/mol. The van der Waals surface area contributed by atoms with Crippen molar-refractivity contribution in [3.8, 4) is 5.75 Å². The summed E-state index contributed by atoms with van der Waals surface area (Å²) in [5.41, 5.74) is 2.87. The van der Waals surface area contributed by atoms with Gasteiger partial charge in [-0.15, -0.1) is 24.0 Å². The van der Waals surface area contributed by atoms with Crippen molar-refractivity contribution < 1.29 is 9.47 Å². The summed E-state index contributed by atoms with van der Waals surface area (Å²) in [6.45, 7) is 5.19. The second-order valence-corrected chi connectivity index (χ2v) is 7.68. The number of methoxy groups -OCH3 is 1. The van der Waals surface area contributed by atoms with Crippen LogP contribution in [0.5, 0.6) is 5.75 Å². The highest BCUT2D eigenvalue weighted by Gasteiger charge is 2.23. The first-order chi connectivity index (χ1) is 14.3. The summed E-state index contributed by atoms with van der Waals surface area (Å²) in [7, 11) is 3.54. The highest BCUT2D eigenvalue weighted by molar-refractivity contribution is 14.0. The van der Waals surface area contributed by atoms with E-state index in [9.17, 15) is 0 Å². The molecular formula is C23H37IN4O2. The number of hydrogen-bond acceptors (Lipinski definition) is 4. The Morgan fingerprint density at radius 1 is 1.17 bits per heavy atom. The molecule has 0 radical (unpaired) electrons. The monoisotopic (exact) mass is 528 g/mol. The van der Waals surface area contributed by atoms with E-state index in [1.54, 1.807) is 12.7 Å². The van der Waals surface area contributed by atoms with Gasteiger partial charge < -0.3 is 20.1 Å². The molecule has 1 aromatic carbocycles. The molecule has 0 spiro atoms. The van der Waals surface area contributed by atoms with Gasteiger partial charge in [0.15, 0.2) is 5.96 Å². The van der Waals surface area contributed by atoms with Gasteiger partial charge in [-0.3, -0.25) is 9.89 Å². The van der Waals surface area contributed by atoms with Crippen molar-refractivity contribution in [2.24, 2.45) is 4.99 Å². The zero-order valence-corrected chi connectivity index (χ0v) is 20.7. The van der Waals surface area contributed by atoms with E-state index in [1.165, 1.54) is 31.2 Å². The number of nitrogens with one attached hydrogen (secondary N) is 2. The molecule has 3 rings (SSSR count). The van der Waals surface area contributed by atoms with Gasteiger partial charge in [0.25, 0.3) is 0 Å². The fraction of sp³-hybridized carbons (Fsp3) is 0.609. The number of guanidine groups is 1. The van der Waals surface area contributed by atoms with Crippen molar-refractivity contribution in [3.63, 3.8) is 0 Å². The molecule has 1 unspecified atom stereocenters. The fourth-order valence-electron chi connectivity index (χ4n) is 4.06. The van der Waals surface area contributed by atoms with Crippen LogP contribution in [0, 0.1) is 0 Å². The van der Waals surface area contributed by atoms with E-state index in [2.05, 4.69) is 38.7 Å². The lowest BCUT2D eigenvalue weighted by atomic mass is 9.97. The largest absolute Gasteiger partial charge is 0.497 e. The van der Waals surface area contributed by atoms with Crippen molar-refractivity contribution in [3.05, 3.63) is 41.5 Å². The summed E-state index contributed by atoms with van der Waals surface area (Å²) in [4.78, 5) is 6.91. The Bertz CT molecular complexity index is 672. The number of aliphatic imine (C=N–C) groups is 1. The van der Waals surface area contributed by atoms with Crippen LogP contribution in [-0.2, 0) is 4.74 Å². The Kier molecular flexibility index (Phi) is 11.5. The topological polar surface area (TPSA) is 58.1 Å². The molecule has 1 aliphatic heterocycles. The number of rotatable bonds is 8. The van der Waals surface area contributed by atoms with Gasteiger partial charge in [0.1, 0.15) is 5.75 Å². The molecule has 1 saturated heterocycles. The van der Waals surface area contributed by atoms with E-state index in [0.717, 1.165) is 57.5 Å². The zero-order chi connectivity index (χ0) is 20.3. The van der Waals surface area contributed by atoms with Crippen LogP contribution < -0.4 is 15.4 Å². The van der Waals surface area contributed by atoms with Gasteiger partial charge >= 0.3 is 0 Å². The summed E-state index contributed by atoms with van der Waals surface area (Å²) in [6.07, 6.45) is 8.69. The normalized spacial score (nSPS) is 18.7. The Labute approximate surface area is 198 Å². The summed E-state index contributed by atoms with van der Waals surface area (Å²) in [6, 6.07) is 8.66. The maximum absolute atomic E-state index is 5.56. The van der Waals surface area contributed by atoms with E-state index in [0.29, 0.717) is 0 Å². The lowest BCUT2D eigenvalue weighted by molar-refractivity contribution is 0.0170. The van der Waals surface area contributed by atoms with Crippen LogP contribution in [0.1, 0.15) is 43.7 Å². The van der Waals surface area contributed by atoms with Gasteiger partial charge in [-0.25, -0.2) is 0 Å². The van der Waals surface area contributed by atoms with Crippen LogP contribution in [0.25, 0.3) is 0 Å². The van der Waals surface area contributed by atoms with Crippen molar-refractivity contribution >= 4 is 29.9 Å². The van der Waals surface area contributed by atoms with E-state index >= 15 is 0 Å². The number of nitrogens with zero attached hydrogens (tertiary/aromatic N) is 2.